The van der Waals surface area contributed by atoms with E-state index in [1.807, 2.05) is 19.2 Å². The Labute approximate surface area is 294 Å². The highest BCUT2D eigenvalue weighted by molar-refractivity contribution is 8.93. The quantitative estimate of drug-likeness (QED) is 0.0473. The Morgan fingerprint density at radius 1 is 0.660 bits per heavy atom. The molecule has 3 aromatic carbocycles. The van der Waals surface area contributed by atoms with Gasteiger partial charge in [-0.1, -0.05) is 90.0 Å². The average molecular weight is 714 g/mol. The number of nitrogens with zero attached hydrogens (tertiary/aromatic N) is 2. The van der Waals surface area contributed by atoms with Crippen LogP contribution < -0.4 is 23.5 Å². The summed E-state index contributed by atoms with van der Waals surface area (Å²) in [6, 6.07) is 12.4. The van der Waals surface area contributed by atoms with E-state index in [1.165, 1.54) is 96.4 Å². The second-order valence-corrected chi connectivity index (χ2v) is 14.0. The van der Waals surface area contributed by atoms with Crippen molar-refractivity contribution < 1.29 is 28.0 Å². The van der Waals surface area contributed by atoms with Gasteiger partial charge in [0.05, 0.1) is 58.1 Å². The van der Waals surface area contributed by atoms with Crippen LogP contribution in [0.1, 0.15) is 96.8 Å². The number of rotatable bonds is 17. The third-order valence-electron chi connectivity index (χ3n) is 9.22. The van der Waals surface area contributed by atoms with E-state index in [2.05, 4.69) is 63.1 Å². The zero-order chi connectivity index (χ0) is 32.9. The maximum absolute atomic E-state index is 5.63. The number of benzene rings is 3. The summed E-state index contributed by atoms with van der Waals surface area (Å²) < 4.78 is 25.4. The molecular weight excluding hydrogens is 652 g/mol. The van der Waals surface area contributed by atoms with Gasteiger partial charge in [0.1, 0.15) is 7.05 Å². The van der Waals surface area contributed by atoms with E-state index in [1.54, 1.807) is 14.2 Å². The number of fused-ring (bicyclic) bond motifs is 6. The van der Waals surface area contributed by atoms with E-state index in [-0.39, 0.29) is 23.8 Å². The predicted molar refractivity (Wildman–Crippen MR) is 203 cm³/mol. The lowest BCUT2D eigenvalue weighted by Gasteiger charge is -2.23. The Morgan fingerprint density at radius 2 is 1.21 bits per heavy atom. The molecular formula is C40H61BrN2O4+2. The number of methoxy groups -OCH3 is 2. The zero-order valence-electron chi connectivity index (χ0n) is 30.3. The summed E-state index contributed by atoms with van der Waals surface area (Å²) >= 11 is 0. The molecule has 1 aliphatic rings. The van der Waals surface area contributed by atoms with Crippen molar-refractivity contribution in [2.75, 3.05) is 48.7 Å². The summed E-state index contributed by atoms with van der Waals surface area (Å²) in [6.07, 6.45) is 22.5. The maximum Gasteiger partial charge on any atom is 0.231 e. The minimum atomic E-state index is 0. The summed E-state index contributed by atoms with van der Waals surface area (Å²) in [6.45, 7) is 3.90. The van der Waals surface area contributed by atoms with Gasteiger partial charge in [0.25, 0.3) is 0 Å². The first-order chi connectivity index (χ1) is 22.3. The fourth-order valence-electron chi connectivity index (χ4n) is 6.65. The average Bonchev–Trinajstić information content (AvgIpc) is 3.50. The number of unbranched alkanes of at least 4 members (excludes halogenated alkanes) is 13. The molecule has 6 nitrogen and oxygen atoms in total. The Hall–Kier alpha value is -2.77. The highest BCUT2D eigenvalue weighted by Crippen LogP contribution is 2.41. The van der Waals surface area contributed by atoms with Crippen LogP contribution >= 0.6 is 17.0 Å². The normalized spacial score (nSPS) is 12.2. The minimum Gasteiger partial charge on any atom is -0.493 e. The van der Waals surface area contributed by atoms with Gasteiger partial charge in [-0.25, -0.2) is 0 Å². The molecule has 260 valence electrons. The second kappa shape index (κ2) is 19.3. The van der Waals surface area contributed by atoms with Gasteiger partial charge in [-0.2, -0.15) is 4.57 Å². The van der Waals surface area contributed by atoms with Crippen LogP contribution in [0.2, 0.25) is 0 Å². The molecule has 0 saturated heterocycles. The van der Waals surface area contributed by atoms with Crippen LogP contribution in [0.5, 0.6) is 23.0 Å². The van der Waals surface area contributed by atoms with Crippen LogP contribution in [0.3, 0.4) is 0 Å². The lowest BCUT2D eigenvalue weighted by molar-refractivity contribution is -0.870. The second-order valence-electron chi connectivity index (χ2n) is 14.0. The van der Waals surface area contributed by atoms with Crippen molar-refractivity contribution in [2.24, 2.45) is 7.05 Å². The molecule has 0 bridgehead atoms. The number of ether oxygens (including phenoxy) is 4. The standard InChI is InChI=1S/C21H18NO4.C19H42N.BrH/c1-22-10-16-13(6-7-17(23-2)21(16)24-3)14-5-4-12-8-18-19(26-11-25-18)9-15(12)20(14)22;1-5-6-7-8-9-10-11-12-13-14-15-16-17-18-19-20(2,3)4;/h4-10H,11H2,1-3H3;5-19H2,1-4H3;1H/q2*+1;. The molecule has 0 amide bonds. The number of hydrogen-bond donors (Lipinski definition) is 0. The van der Waals surface area contributed by atoms with E-state index >= 15 is 0 Å². The zero-order valence-corrected chi connectivity index (χ0v) is 32.0. The molecule has 7 heteroatoms. The molecule has 0 saturated carbocycles. The van der Waals surface area contributed by atoms with Gasteiger partial charge in [-0.15, -0.1) is 17.0 Å². The van der Waals surface area contributed by atoms with E-state index in [0.717, 1.165) is 59.9 Å². The summed E-state index contributed by atoms with van der Waals surface area (Å²) in [5.41, 5.74) is 1.14. The Bertz CT molecular complexity index is 1550. The van der Waals surface area contributed by atoms with Crippen molar-refractivity contribution in [3.05, 3.63) is 42.6 Å². The first kappa shape index (κ1) is 38.7. The van der Waals surface area contributed by atoms with E-state index in [4.69, 9.17) is 18.9 Å². The number of halogens is 1. The lowest BCUT2D eigenvalue weighted by atomic mass is 10.00. The summed E-state index contributed by atoms with van der Waals surface area (Å²) in [5, 5.41) is 5.54. The molecule has 0 N–H and O–H groups in total. The predicted octanol–water partition coefficient (Wildman–Crippen LogP) is 10.5. The van der Waals surface area contributed by atoms with Gasteiger partial charge in [0, 0.05) is 5.39 Å². The maximum atomic E-state index is 5.63. The highest BCUT2D eigenvalue weighted by atomic mass is 79.9. The topological polar surface area (TPSA) is 40.8 Å². The Kier molecular flexibility index (Phi) is 15.9. The third-order valence-corrected chi connectivity index (χ3v) is 9.22. The van der Waals surface area contributed by atoms with Crippen molar-refractivity contribution in [3.63, 3.8) is 0 Å². The van der Waals surface area contributed by atoms with Crippen LogP contribution in [0, 0.1) is 0 Å². The van der Waals surface area contributed by atoms with Crippen LogP contribution in [0.15, 0.2) is 42.6 Å². The molecule has 0 radical (unpaired) electrons. The Balaban J connectivity index is 0.000000261. The smallest absolute Gasteiger partial charge is 0.231 e. The number of quaternary nitrogens is 1. The number of aryl methyl sites for hydroxylation is 1. The fourth-order valence-corrected chi connectivity index (χ4v) is 6.65. The summed E-state index contributed by atoms with van der Waals surface area (Å²) in [5.74, 6) is 3.06. The van der Waals surface area contributed by atoms with Gasteiger partial charge in [0.2, 0.25) is 12.3 Å². The van der Waals surface area contributed by atoms with Crippen LogP contribution in [0.25, 0.3) is 32.4 Å². The van der Waals surface area contributed by atoms with Crippen LogP contribution in [0.4, 0.5) is 0 Å². The molecule has 0 unspecified atom stereocenters. The number of hydrogen-bond acceptors (Lipinski definition) is 4. The van der Waals surface area contributed by atoms with Gasteiger partial charge in [-0.3, -0.25) is 0 Å². The molecule has 47 heavy (non-hydrogen) atoms. The molecule has 1 aliphatic heterocycles. The molecule has 0 spiro atoms. The van der Waals surface area contributed by atoms with Gasteiger partial charge in [0.15, 0.2) is 29.2 Å². The van der Waals surface area contributed by atoms with Crippen LogP contribution in [-0.4, -0.2) is 53.2 Å². The van der Waals surface area contributed by atoms with Gasteiger partial charge < -0.3 is 23.4 Å². The molecule has 0 fully saturated rings. The summed E-state index contributed by atoms with van der Waals surface area (Å²) in [7, 11) is 12.3. The number of aromatic nitrogens is 1. The fraction of sp³-hybridized carbons (Fsp3) is 0.575. The first-order valence-corrected chi connectivity index (χ1v) is 17.8. The highest BCUT2D eigenvalue weighted by Gasteiger charge is 2.22. The molecule has 4 aromatic rings. The van der Waals surface area contributed by atoms with E-state index in [9.17, 15) is 0 Å². The molecule has 5 rings (SSSR count). The van der Waals surface area contributed by atoms with Crippen LogP contribution in [-0.2, 0) is 7.05 Å². The lowest BCUT2D eigenvalue weighted by Crippen LogP contribution is -2.35. The van der Waals surface area contributed by atoms with Gasteiger partial charge >= 0.3 is 0 Å². The molecule has 0 aliphatic carbocycles. The SMILES string of the molecule is Br.CCCCCCCCCCCCCCCC[N+](C)(C)C.COc1ccc2c(c[n+](C)c3c4cc5c(cc4ccc23)OCO5)c1OC. The minimum absolute atomic E-state index is 0. The largest absolute Gasteiger partial charge is 0.493 e. The van der Waals surface area contributed by atoms with Crippen molar-refractivity contribution in [1.82, 2.24) is 0 Å². The van der Waals surface area contributed by atoms with Crippen molar-refractivity contribution in [1.29, 1.82) is 0 Å². The van der Waals surface area contributed by atoms with Crippen molar-refractivity contribution >= 4 is 49.4 Å². The Morgan fingerprint density at radius 3 is 1.77 bits per heavy atom. The molecule has 2 heterocycles. The van der Waals surface area contributed by atoms with E-state index in [0.29, 0.717) is 0 Å². The third kappa shape index (κ3) is 10.9. The monoisotopic (exact) mass is 712 g/mol. The van der Waals surface area contributed by atoms with Crippen molar-refractivity contribution in [2.45, 2.75) is 96.8 Å². The van der Waals surface area contributed by atoms with Crippen molar-refractivity contribution in [3.8, 4) is 23.0 Å². The molecule has 1 aromatic heterocycles. The van der Waals surface area contributed by atoms with Gasteiger partial charge in [-0.05, 0) is 48.6 Å². The summed E-state index contributed by atoms with van der Waals surface area (Å²) in [4.78, 5) is 0. The first-order valence-electron chi connectivity index (χ1n) is 17.8. The molecule has 0 atom stereocenters. The van der Waals surface area contributed by atoms with E-state index < -0.39 is 0 Å². The number of pyridine rings is 1.